The number of nitrogens with one attached hydrogen (secondary N) is 2. The number of carbonyl (C=O) groups is 3. The van der Waals surface area contributed by atoms with Crippen LogP contribution in [-0.2, 0) is 50.7 Å². The largest absolute Gasteiger partial charge is 0.481 e. The Kier molecular flexibility index (Phi) is 27.5. The Bertz CT molecular complexity index is 2210. The van der Waals surface area contributed by atoms with Crippen molar-refractivity contribution >= 4 is 69.1 Å². The number of allylic oxidation sites excluding steroid dienone is 6. The number of aliphatic hydroxyl groups is 2. The zero-order valence-electron chi connectivity index (χ0n) is 40.4. The molecule has 402 valence electrons. The summed E-state index contributed by atoms with van der Waals surface area (Å²) in [6, 6.07) is 0. The minimum atomic E-state index is -5.58. The number of nitrogens with two attached hydrogens (primary N) is 1. The lowest BCUT2D eigenvalue weighted by Gasteiger charge is -2.30. The number of phosphoric acid groups is 3. The van der Waals surface area contributed by atoms with Crippen molar-refractivity contribution < 1.29 is 80.5 Å². The number of hydrogen-bond acceptors (Lipinski definition) is 18. The number of carbonyl (C=O) groups excluding carboxylic acids is 3. The molecule has 1 fully saturated rings. The third-order valence-corrected chi connectivity index (χ3v) is 14.8. The third-order valence-electron chi connectivity index (χ3n) is 10.8. The van der Waals surface area contributed by atoms with Gasteiger partial charge in [-0.05, 0) is 38.5 Å². The second-order valence-corrected chi connectivity index (χ2v) is 22.7. The van der Waals surface area contributed by atoms with Gasteiger partial charge >= 0.3 is 23.5 Å². The van der Waals surface area contributed by atoms with Gasteiger partial charge in [0.05, 0.1) is 19.5 Å². The Morgan fingerprint density at radius 1 is 0.859 bits per heavy atom. The first kappa shape index (κ1) is 62.1. The molecule has 2 amide bonds. The summed E-state index contributed by atoms with van der Waals surface area (Å²) >= 11 is 1.15. The van der Waals surface area contributed by atoms with E-state index < -0.39 is 84.6 Å². The predicted octanol–water partition coefficient (Wildman–Crippen LogP) is 5.81. The Morgan fingerprint density at radius 3 is 2.14 bits per heavy atom. The van der Waals surface area contributed by atoms with Gasteiger partial charge in [-0.3, -0.25) is 32.5 Å². The monoisotopic (exact) mass is 1080 g/mol. The summed E-state index contributed by atoms with van der Waals surface area (Å²) in [7, 11) is -16.4. The number of unbranched alkanes of at least 4 members (excludes halogenated alkanes) is 9. The highest BCUT2D eigenvalue weighted by atomic mass is 32.2. The van der Waals surface area contributed by atoms with Crippen LogP contribution in [0.25, 0.3) is 11.2 Å². The molecular weight excluding hydrogens is 1010 g/mol. The minimum Gasteiger partial charge on any atom is -0.386 e. The van der Waals surface area contributed by atoms with Crippen molar-refractivity contribution in [2.75, 3.05) is 37.8 Å². The Labute approximate surface area is 418 Å². The number of aliphatic hydroxyl groups excluding tert-OH is 2. The average molecular weight is 1080 g/mol. The van der Waals surface area contributed by atoms with Crippen molar-refractivity contribution in [2.45, 2.75) is 148 Å². The summed E-state index contributed by atoms with van der Waals surface area (Å²) in [5.41, 5.74) is 4.29. The molecule has 1 aliphatic rings. The molecule has 0 spiro atoms. The van der Waals surface area contributed by atoms with E-state index in [1.165, 1.54) is 52.4 Å². The molecule has 0 aromatic carbocycles. The number of phosphoric ester groups is 3. The van der Waals surface area contributed by atoms with Crippen LogP contribution in [0.2, 0.25) is 0 Å². The number of aromatic nitrogens is 4. The highest BCUT2D eigenvalue weighted by Gasteiger charge is 2.50. The lowest BCUT2D eigenvalue weighted by molar-refractivity contribution is -0.137. The van der Waals surface area contributed by atoms with Crippen LogP contribution in [0.15, 0.2) is 49.1 Å². The van der Waals surface area contributed by atoms with Crippen LogP contribution < -0.4 is 16.4 Å². The van der Waals surface area contributed by atoms with Crippen LogP contribution in [0.1, 0.15) is 123 Å². The van der Waals surface area contributed by atoms with E-state index in [1.54, 1.807) is 0 Å². The normalized spacial score (nSPS) is 20.0. The molecule has 1 aliphatic heterocycles. The van der Waals surface area contributed by atoms with Gasteiger partial charge in [0, 0.05) is 37.1 Å². The van der Waals surface area contributed by atoms with E-state index in [0.29, 0.717) is 12.2 Å². The van der Waals surface area contributed by atoms with Gasteiger partial charge in [0.2, 0.25) is 11.8 Å². The number of nitrogen functional groups attached to an aromatic ring is 1. The van der Waals surface area contributed by atoms with Crippen molar-refractivity contribution in [3.05, 3.63) is 49.1 Å². The van der Waals surface area contributed by atoms with Crippen LogP contribution >= 0.6 is 35.2 Å². The Morgan fingerprint density at radius 2 is 1.48 bits per heavy atom. The number of anilines is 1. The first-order valence-corrected chi connectivity index (χ1v) is 29.1. The molecule has 2 aromatic heterocycles. The highest BCUT2D eigenvalue weighted by molar-refractivity contribution is 8.13. The van der Waals surface area contributed by atoms with Crippen molar-refractivity contribution in [3.8, 4) is 0 Å². The van der Waals surface area contributed by atoms with Gasteiger partial charge in [-0.25, -0.2) is 28.6 Å². The van der Waals surface area contributed by atoms with Gasteiger partial charge < -0.3 is 50.9 Å². The summed E-state index contributed by atoms with van der Waals surface area (Å²) < 4.78 is 62.5. The van der Waals surface area contributed by atoms with Gasteiger partial charge in [-0.15, -0.1) is 0 Å². The predicted molar refractivity (Wildman–Crippen MR) is 265 cm³/mol. The second kappa shape index (κ2) is 31.5. The molecule has 2 aromatic rings. The van der Waals surface area contributed by atoms with Crippen molar-refractivity contribution in [1.29, 1.82) is 0 Å². The highest BCUT2D eigenvalue weighted by Crippen LogP contribution is 2.61. The van der Waals surface area contributed by atoms with E-state index in [1.807, 2.05) is 0 Å². The number of ether oxygens (including phenoxy) is 1. The molecule has 28 heteroatoms. The number of imidazole rings is 1. The van der Waals surface area contributed by atoms with E-state index in [4.69, 9.17) is 19.5 Å². The van der Waals surface area contributed by atoms with Gasteiger partial charge in [-0.1, -0.05) is 114 Å². The number of fused-ring (bicyclic) bond motifs is 1. The fraction of sp³-hybridized carbons (Fsp3) is 0.674. The molecule has 3 rings (SSSR count). The van der Waals surface area contributed by atoms with E-state index in [0.717, 1.165) is 73.9 Å². The first-order chi connectivity index (χ1) is 33.6. The average Bonchev–Trinajstić information content (AvgIpc) is 3.86. The van der Waals surface area contributed by atoms with Crippen LogP contribution in [0, 0.1) is 5.41 Å². The summed E-state index contributed by atoms with van der Waals surface area (Å²) in [6.45, 7) is 2.70. The zero-order chi connectivity index (χ0) is 52.5. The SMILES string of the molecule is CC/C=C/C/C=C/C/C=C/CCCCCCCCCCCC(=O)SCCNC(=O)CCNC(=O)C(O)C(C)(C)COP(=O)(O)OP(=O)(O)OCC1OC(n2cnc3c(N)ncnc32)C(O)C1OP(=O)(O)O. The number of nitrogens with zero attached hydrogens (tertiary/aromatic N) is 4. The second-order valence-electron chi connectivity index (χ2n) is 17.3. The molecule has 10 N–H and O–H groups in total. The Hall–Kier alpha value is -3.22. The third kappa shape index (κ3) is 24.1. The van der Waals surface area contributed by atoms with Crippen molar-refractivity contribution in [1.82, 2.24) is 30.2 Å². The summed E-state index contributed by atoms with van der Waals surface area (Å²) in [6.07, 6.45) is 21.3. The van der Waals surface area contributed by atoms with Crippen LogP contribution in [0.4, 0.5) is 5.82 Å². The van der Waals surface area contributed by atoms with E-state index in [9.17, 15) is 57.9 Å². The standard InChI is InChI=1S/C43H72N7O17P3S/c1-4-5-6-7-8-9-10-11-12-13-14-15-16-17-18-19-20-21-22-23-34(52)71-27-26-45-33(51)24-25-46-41(55)38(54)43(2,3)29-64-70(61,62)67-69(59,60)63-28-32-37(66-68(56,57)58)36(53)42(65-32)50-31-49-35-39(44)47-30-48-40(35)50/h5-6,8-9,11-12,30-32,36-38,42,53-54H,4,7,10,13-29H2,1-3H3,(H,45,51)(H,46,55)(H,59,60)(H,61,62)(H2,44,47,48)(H2,56,57,58)/b6-5+,9-8+,12-11+. The minimum absolute atomic E-state index is 0.0325. The summed E-state index contributed by atoms with van der Waals surface area (Å²) in [5.74, 6) is -1.04. The van der Waals surface area contributed by atoms with Crippen molar-refractivity contribution in [3.63, 3.8) is 0 Å². The summed E-state index contributed by atoms with van der Waals surface area (Å²) in [4.78, 5) is 88.5. The quantitative estimate of drug-likeness (QED) is 0.0221. The molecule has 0 aliphatic carbocycles. The lowest BCUT2D eigenvalue weighted by atomic mass is 9.87. The van der Waals surface area contributed by atoms with Crippen LogP contribution in [0.5, 0.6) is 0 Å². The van der Waals surface area contributed by atoms with Crippen LogP contribution in [-0.4, -0.2) is 123 Å². The van der Waals surface area contributed by atoms with Gasteiger partial charge in [0.25, 0.3) is 0 Å². The van der Waals surface area contributed by atoms with E-state index in [-0.39, 0.29) is 41.6 Å². The van der Waals surface area contributed by atoms with Crippen molar-refractivity contribution in [2.24, 2.45) is 5.41 Å². The van der Waals surface area contributed by atoms with Crippen LogP contribution in [0.3, 0.4) is 0 Å². The number of thioether (sulfide) groups is 1. The molecule has 0 radical (unpaired) electrons. The number of hydrogen-bond donors (Lipinski definition) is 9. The molecule has 0 bridgehead atoms. The maximum Gasteiger partial charge on any atom is 0.481 e. The fourth-order valence-electron chi connectivity index (χ4n) is 6.96. The first-order valence-electron chi connectivity index (χ1n) is 23.6. The van der Waals surface area contributed by atoms with Gasteiger partial charge in [0.15, 0.2) is 22.8 Å². The topological polar surface area (TPSA) is 364 Å². The van der Waals surface area contributed by atoms with Gasteiger partial charge in [0.1, 0.15) is 36.3 Å². The smallest absolute Gasteiger partial charge is 0.386 e. The molecular formula is C43H72N7O17P3S. The molecule has 71 heavy (non-hydrogen) atoms. The molecule has 1 saturated heterocycles. The fourth-order valence-corrected chi connectivity index (χ4v) is 10.5. The number of rotatable bonds is 36. The Balaban J connectivity index is 1.26. The molecule has 24 nitrogen and oxygen atoms in total. The number of amides is 2. The van der Waals surface area contributed by atoms with Gasteiger partial charge in [-0.2, -0.15) is 4.31 Å². The van der Waals surface area contributed by atoms with E-state index >= 15 is 0 Å². The molecule has 7 unspecified atom stereocenters. The zero-order valence-corrected chi connectivity index (χ0v) is 43.9. The lowest BCUT2D eigenvalue weighted by Crippen LogP contribution is -2.46. The van der Waals surface area contributed by atoms with E-state index in [2.05, 4.69) is 77.8 Å². The maximum absolute atomic E-state index is 12.8. The molecule has 3 heterocycles. The summed E-state index contributed by atoms with van der Waals surface area (Å²) in [5, 5.41) is 26.7. The molecule has 0 saturated carbocycles. The maximum atomic E-state index is 12.8. The molecule has 7 atom stereocenters.